The van der Waals surface area contributed by atoms with E-state index in [9.17, 15) is 19.8 Å². The van der Waals surface area contributed by atoms with Crippen LogP contribution in [0.3, 0.4) is 0 Å². The molecule has 0 aromatic heterocycles. The Morgan fingerprint density at radius 3 is 1.05 bits per heavy atom. The van der Waals surface area contributed by atoms with Crippen molar-refractivity contribution in [1.29, 1.82) is 0 Å². The third-order valence-electron chi connectivity index (χ3n) is 15.2. The van der Waals surface area contributed by atoms with Crippen LogP contribution in [0.15, 0.2) is 36.5 Å². The lowest BCUT2D eigenvalue weighted by Gasteiger charge is -2.22. The third kappa shape index (κ3) is 59.2. The van der Waals surface area contributed by atoms with Crippen LogP contribution >= 0.6 is 0 Å². The second-order valence-electron chi connectivity index (χ2n) is 22.4. The molecule has 1 amide bonds. The minimum absolute atomic E-state index is 0.0375. The number of nitrogens with one attached hydrogen (secondary N) is 1. The maximum atomic E-state index is 12.5. The molecule has 0 aliphatic rings. The van der Waals surface area contributed by atoms with Gasteiger partial charge in [0.15, 0.2) is 0 Å². The third-order valence-corrected chi connectivity index (χ3v) is 15.2. The Kier molecular flexibility index (Phi) is 61.0. The normalized spacial score (nSPS) is 12.8. The van der Waals surface area contributed by atoms with Crippen LogP contribution in [0.2, 0.25) is 0 Å². The summed E-state index contributed by atoms with van der Waals surface area (Å²) in [5, 5.41) is 23.3. The fourth-order valence-electron chi connectivity index (χ4n) is 10.2. The molecular formula is C67H127NO5. The molecule has 0 spiro atoms. The molecule has 0 fully saturated rings. The molecule has 73 heavy (non-hydrogen) atoms. The number of allylic oxidation sites excluding steroid dienone is 5. The van der Waals surface area contributed by atoms with Crippen molar-refractivity contribution in [2.24, 2.45) is 0 Å². The maximum absolute atomic E-state index is 12.5. The summed E-state index contributed by atoms with van der Waals surface area (Å²) in [6, 6.07) is -0.546. The molecule has 0 aromatic rings. The van der Waals surface area contributed by atoms with Gasteiger partial charge in [0.2, 0.25) is 5.91 Å². The second-order valence-corrected chi connectivity index (χ2v) is 22.4. The average Bonchev–Trinajstić information content (AvgIpc) is 3.39. The van der Waals surface area contributed by atoms with E-state index in [0.717, 1.165) is 51.4 Å². The number of carbonyl (C=O) groups excluding carboxylic acids is 2. The Balaban J connectivity index is 3.44. The number of aliphatic hydroxyl groups is 2. The van der Waals surface area contributed by atoms with Gasteiger partial charge in [0.25, 0.3) is 0 Å². The van der Waals surface area contributed by atoms with Gasteiger partial charge in [-0.25, -0.2) is 0 Å². The lowest BCUT2D eigenvalue weighted by Crippen LogP contribution is -2.45. The van der Waals surface area contributed by atoms with Crippen LogP contribution in [0.25, 0.3) is 0 Å². The van der Waals surface area contributed by atoms with Gasteiger partial charge < -0.3 is 20.3 Å². The van der Waals surface area contributed by atoms with E-state index in [1.54, 1.807) is 0 Å². The van der Waals surface area contributed by atoms with Crippen LogP contribution in [0.4, 0.5) is 0 Å². The summed E-state index contributed by atoms with van der Waals surface area (Å²) < 4.78 is 5.43. The molecule has 0 saturated heterocycles. The fourth-order valence-corrected chi connectivity index (χ4v) is 10.2. The minimum atomic E-state index is -0.669. The van der Waals surface area contributed by atoms with Gasteiger partial charge in [-0.05, 0) is 70.6 Å². The Morgan fingerprint density at radius 2 is 0.685 bits per heavy atom. The first-order chi connectivity index (χ1) is 36.0. The maximum Gasteiger partial charge on any atom is 0.305 e. The molecule has 0 aliphatic heterocycles. The van der Waals surface area contributed by atoms with E-state index in [4.69, 9.17) is 4.74 Å². The zero-order valence-corrected chi connectivity index (χ0v) is 49.1. The smallest absolute Gasteiger partial charge is 0.305 e. The van der Waals surface area contributed by atoms with E-state index in [1.807, 2.05) is 0 Å². The highest BCUT2D eigenvalue weighted by atomic mass is 16.5. The molecule has 6 heteroatoms. The molecule has 0 radical (unpaired) electrons. The van der Waals surface area contributed by atoms with E-state index in [2.05, 4.69) is 55.6 Å². The van der Waals surface area contributed by atoms with Gasteiger partial charge in [-0.3, -0.25) is 9.59 Å². The SMILES string of the molecule is CCCCCCCCC/C=C\CCCCCCCCCC(=O)OCC/C=C\C/C=C\CCCCCCCCCCCCCCCCC(=O)NC(CO)C(O)CCCCCCCCCCCCCCCCCCC. The fraction of sp³-hybridized carbons (Fsp3) is 0.881. The molecule has 0 aliphatic carbocycles. The van der Waals surface area contributed by atoms with Crippen LogP contribution in [-0.2, 0) is 14.3 Å². The Morgan fingerprint density at radius 1 is 0.384 bits per heavy atom. The summed E-state index contributed by atoms with van der Waals surface area (Å²) in [6.07, 6.45) is 78.9. The van der Waals surface area contributed by atoms with Gasteiger partial charge in [-0.15, -0.1) is 0 Å². The molecule has 0 bridgehead atoms. The van der Waals surface area contributed by atoms with Gasteiger partial charge in [0.05, 0.1) is 25.4 Å². The van der Waals surface area contributed by atoms with Crippen LogP contribution in [0, 0.1) is 0 Å². The van der Waals surface area contributed by atoms with Crippen LogP contribution in [0.5, 0.6) is 0 Å². The topological polar surface area (TPSA) is 95.9 Å². The molecular weight excluding hydrogens is 899 g/mol. The average molecular weight is 1030 g/mol. The Labute approximate surface area is 455 Å². The molecule has 3 N–H and O–H groups in total. The molecule has 430 valence electrons. The van der Waals surface area contributed by atoms with Gasteiger partial charge >= 0.3 is 5.97 Å². The lowest BCUT2D eigenvalue weighted by atomic mass is 10.0. The number of ether oxygens (including phenoxy) is 1. The summed E-state index contributed by atoms with van der Waals surface area (Å²) in [7, 11) is 0. The second kappa shape index (κ2) is 62.6. The molecule has 2 atom stereocenters. The van der Waals surface area contributed by atoms with Crippen molar-refractivity contribution in [3.8, 4) is 0 Å². The highest BCUT2D eigenvalue weighted by Crippen LogP contribution is 2.18. The number of aliphatic hydroxyl groups excluding tert-OH is 2. The first-order valence-electron chi connectivity index (χ1n) is 32.7. The van der Waals surface area contributed by atoms with E-state index >= 15 is 0 Å². The summed E-state index contributed by atoms with van der Waals surface area (Å²) in [4.78, 5) is 24.6. The van der Waals surface area contributed by atoms with Gasteiger partial charge in [0.1, 0.15) is 0 Å². The number of amides is 1. The molecule has 0 aromatic carbocycles. The summed E-state index contributed by atoms with van der Waals surface area (Å²) >= 11 is 0. The van der Waals surface area contributed by atoms with Crippen LogP contribution < -0.4 is 5.32 Å². The monoisotopic (exact) mass is 1030 g/mol. The van der Waals surface area contributed by atoms with Crippen molar-refractivity contribution >= 4 is 11.9 Å². The number of unbranched alkanes of at least 4 members (excludes halogenated alkanes) is 44. The molecule has 2 unspecified atom stereocenters. The van der Waals surface area contributed by atoms with Crippen molar-refractivity contribution in [3.63, 3.8) is 0 Å². The molecule has 0 saturated carbocycles. The van der Waals surface area contributed by atoms with Gasteiger partial charge in [-0.1, -0.05) is 307 Å². The van der Waals surface area contributed by atoms with E-state index in [-0.39, 0.29) is 18.5 Å². The lowest BCUT2D eigenvalue weighted by molar-refractivity contribution is -0.143. The number of hydrogen-bond donors (Lipinski definition) is 3. The van der Waals surface area contributed by atoms with Crippen molar-refractivity contribution in [3.05, 3.63) is 36.5 Å². The van der Waals surface area contributed by atoms with E-state index in [0.29, 0.717) is 25.9 Å². The van der Waals surface area contributed by atoms with Crippen LogP contribution in [-0.4, -0.2) is 47.4 Å². The highest BCUT2D eigenvalue weighted by molar-refractivity contribution is 5.76. The molecule has 0 heterocycles. The van der Waals surface area contributed by atoms with Gasteiger partial charge in [-0.2, -0.15) is 0 Å². The Hall–Kier alpha value is -1.92. The zero-order valence-electron chi connectivity index (χ0n) is 49.1. The predicted octanol–water partition coefficient (Wildman–Crippen LogP) is 20.8. The molecule has 6 nitrogen and oxygen atoms in total. The molecule has 0 rings (SSSR count). The summed E-state index contributed by atoms with van der Waals surface area (Å²) in [5.74, 6) is -0.0751. The van der Waals surface area contributed by atoms with Crippen molar-refractivity contribution in [1.82, 2.24) is 5.32 Å². The quantitative estimate of drug-likeness (QED) is 0.0320. The standard InChI is InChI=1S/C67H127NO5/c1-3-5-7-9-11-13-15-17-19-21-29-33-37-41-45-49-53-57-61-67(72)73-62-58-54-50-46-42-38-34-30-26-24-22-23-25-28-32-36-40-44-48-52-56-60-66(71)68-64(63-69)65(70)59-55-51-47-43-39-35-31-27-20-18-16-14-12-10-8-6-4-2/h19,21,38,42,50,54,64-65,69-70H,3-18,20,22-37,39-41,43-49,51-53,55-63H2,1-2H3,(H,68,71)/b21-19-,42-38-,54-50-. The van der Waals surface area contributed by atoms with Crippen molar-refractivity contribution < 1.29 is 24.5 Å². The van der Waals surface area contributed by atoms with Crippen LogP contribution in [0.1, 0.15) is 354 Å². The summed E-state index contributed by atoms with van der Waals surface area (Å²) in [6.45, 7) is 4.86. The van der Waals surface area contributed by atoms with Crippen molar-refractivity contribution in [2.45, 2.75) is 366 Å². The number of rotatable bonds is 61. The number of carbonyl (C=O) groups is 2. The van der Waals surface area contributed by atoms with E-state index < -0.39 is 12.1 Å². The van der Waals surface area contributed by atoms with Crippen molar-refractivity contribution in [2.75, 3.05) is 13.2 Å². The largest absolute Gasteiger partial charge is 0.465 e. The minimum Gasteiger partial charge on any atom is -0.465 e. The number of hydrogen-bond acceptors (Lipinski definition) is 5. The Bertz CT molecular complexity index is 1180. The van der Waals surface area contributed by atoms with E-state index in [1.165, 1.54) is 270 Å². The highest BCUT2D eigenvalue weighted by Gasteiger charge is 2.20. The number of esters is 1. The first kappa shape index (κ1) is 71.1. The predicted molar refractivity (Wildman–Crippen MR) is 319 cm³/mol. The first-order valence-corrected chi connectivity index (χ1v) is 32.7. The summed E-state index contributed by atoms with van der Waals surface area (Å²) in [5.41, 5.74) is 0. The zero-order chi connectivity index (χ0) is 52.9. The van der Waals surface area contributed by atoms with Gasteiger partial charge in [0, 0.05) is 12.8 Å².